The molecule has 2 atom stereocenters. The highest BCUT2D eigenvalue weighted by atomic mass is 32.1. The number of aromatic nitrogens is 1. The van der Waals surface area contributed by atoms with Gasteiger partial charge in [-0.3, -0.25) is 4.79 Å². The van der Waals surface area contributed by atoms with Crippen LogP contribution >= 0.6 is 11.3 Å². The third-order valence-electron chi connectivity index (χ3n) is 2.80. The van der Waals surface area contributed by atoms with Gasteiger partial charge in [0, 0.05) is 12.4 Å². The Balaban J connectivity index is 2.53. The van der Waals surface area contributed by atoms with Gasteiger partial charge in [-0.2, -0.15) is 0 Å². The number of hydrogen-bond acceptors (Lipinski definition) is 4. The summed E-state index contributed by atoms with van der Waals surface area (Å²) in [4.78, 5) is 17.7. The molecule has 1 heterocycles. The van der Waals surface area contributed by atoms with E-state index in [9.17, 15) is 4.79 Å². The molecular formula is C11H19N3OS. The summed E-state index contributed by atoms with van der Waals surface area (Å²) in [6, 6.07) is -0.409. The highest BCUT2D eigenvalue weighted by Gasteiger charge is 2.22. The molecule has 0 fully saturated rings. The predicted molar refractivity (Wildman–Crippen MR) is 66.0 cm³/mol. The first-order valence-electron chi connectivity index (χ1n) is 5.43. The van der Waals surface area contributed by atoms with Gasteiger partial charge in [-0.05, 0) is 5.92 Å². The second kappa shape index (κ2) is 5.96. The molecule has 2 N–H and O–H groups in total. The number of carbonyl (C=O) groups is 1. The monoisotopic (exact) mass is 241 g/mol. The van der Waals surface area contributed by atoms with E-state index in [0.29, 0.717) is 6.54 Å². The van der Waals surface area contributed by atoms with E-state index < -0.39 is 6.04 Å². The van der Waals surface area contributed by atoms with Crippen LogP contribution in [0.2, 0.25) is 0 Å². The molecule has 1 aromatic rings. The molecule has 4 nitrogen and oxygen atoms in total. The maximum Gasteiger partial charge on any atom is 0.239 e. The third-order valence-corrected chi connectivity index (χ3v) is 3.44. The number of nitrogens with zero attached hydrogens (tertiary/aromatic N) is 2. The van der Waals surface area contributed by atoms with Gasteiger partial charge in [0.15, 0.2) is 0 Å². The first-order valence-corrected chi connectivity index (χ1v) is 6.38. The first kappa shape index (κ1) is 13.1. The smallest absolute Gasteiger partial charge is 0.239 e. The number of rotatable bonds is 5. The minimum atomic E-state index is -0.409. The molecule has 0 aliphatic carbocycles. The summed E-state index contributed by atoms with van der Waals surface area (Å²) >= 11 is 1.53. The zero-order chi connectivity index (χ0) is 12.1. The van der Waals surface area contributed by atoms with Crippen molar-refractivity contribution in [2.45, 2.75) is 32.9 Å². The van der Waals surface area contributed by atoms with Crippen LogP contribution in [0, 0.1) is 5.92 Å². The normalized spacial score (nSPS) is 14.5. The molecule has 1 amide bonds. The van der Waals surface area contributed by atoms with Gasteiger partial charge in [-0.1, -0.05) is 20.3 Å². The standard InChI is InChI=1S/C11H19N3OS/c1-4-8(2)10(12)11(15)14(3)5-9-6-16-7-13-9/h6-8,10H,4-5,12H2,1-3H3/t8?,10-/m0/s1. The number of carbonyl (C=O) groups excluding carboxylic acids is 1. The maximum absolute atomic E-state index is 11.9. The van der Waals surface area contributed by atoms with Crippen molar-refractivity contribution in [1.82, 2.24) is 9.88 Å². The summed E-state index contributed by atoms with van der Waals surface area (Å²) in [5.41, 5.74) is 8.57. The Labute approximate surface area is 100 Å². The molecule has 0 aliphatic rings. The summed E-state index contributed by atoms with van der Waals surface area (Å²) in [5, 5.41) is 1.94. The van der Waals surface area contributed by atoms with Crippen molar-refractivity contribution in [2.24, 2.45) is 11.7 Å². The van der Waals surface area contributed by atoms with Gasteiger partial charge in [-0.25, -0.2) is 4.98 Å². The lowest BCUT2D eigenvalue weighted by Gasteiger charge is -2.23. The fraction of sp³-hybridized carbons (Fsp3) is 0.636. The van der Waals surface area contributed by atoms with Crippen molar-refractivity contribution in [3.63, 3.8) is 0 Å². The maximum atomic E-state index is 11.9. The molecule has 0 bridgehead atoms. The van der Waals surface area contributed by atoms with Crippen molar-refractivity contribution in [3.8, 4) is 0 Å². The summed E-state index contributed by atoms with van der Waals surface area (Å²) in [7, 11) is 1.77. The minimum Gasteiger partial charge on any atom is -0.338 e. The van der Waals surface area contributed by atoms with E-state index >= 15 is 0 Å². The van der Waals surface area contributed by atoms with Crippen LogP contribution in [0.25, 0.3) is 0 Å². The highest BCUT2D eigenvalue weighted by Crippen LogP contribution is 2.10. The zero-order valence-electron chi connectivity index (χ0n) is 10.0. The van der Waals surface area contributed by atoms with Crippen molar-refractivity contribution in [2.75, 3.05) is 7.05 Å². The quantitative estimate of drug-likeness (QED) is 0.849. The molecule has 0 saturated carbocycles. The Kier molecular flexibility index (Phi) is 4.89. The van der Waals surface area contributed by atoms with Gasteiger partial charge >= 0.3 is 0 Å². The summed E-state index contributed by atoms with van der Waals surface area (Å²) in [6.07, 6.45) is 0.914. The molecule has 1 unspecified atom stereocenters. The van der Waals surface area contributed by atoms with Gasteiger partial charge in [0.2, 0.25) is 5.91 Å². The van der Waals surface area contributed by atoms with Crippen molar-refractivity contribution >= 4 is 17.2 Å². The van der Waals surface area contributed by atoms with Crippen molar-refractivity contribution in [3.05, 3.63) is 16.6 Å². The number of amides is 1. The summed E-state index contributed by atoms with van der Waals surface area (Å²) < 4.78 is 0. The van der Waals surface area contributed by atoms with E-state index in [1.807, 2.05) is 19.2 Å². The van der Waals surface area contributed by atoms with Gasteiger partial charge in [0.1, 0.15) is 0 Å². The fourth-order valence-electron chi connectivity index (χ4n) is 1.39. The van der Waals surface area contributed by atoms with Crippen LogP contribution in [0.1, 0.15) is 26.0 Å². The largest absolute Gasteiger partial charge is 0.338 e. The second-order valence-corrected chi connectivity index (χ2v) is 4.80. The van der Waals surface area contributed by atoms with Crippen LogP contribution < -0.4 is 5.73 Å². The van der Waals surface area contributed by atoms with Gasteiger partial charge in [0.25, 0.3) is 0 Å². The van der Waals surface area contributed by atoms with Gasteiger partial charge in [0.05, 0.1) is 23.8 Å². The Morgan fingerprint density at radius 3 is 2.88 bits per heavy atom. The Morgan fingerprint density at radius 2 is 2.38 bits per heavy atom. The molecule has 90 valence electrons. The van der Waals surface area contributed by atoms with Crippen LogP contribution in [0.4, 0.5) is 0 Å². The van der Waals surface area contributed by atoms with E-state index in [1.54, 1.807) is 17.5 Å². The summed E-state index contributed by atoms with van der Waals surface area (Å²) in [5.74, 6) is 0.202. The molecule has 0 aliphatic heterocycles. The number of likely N-dealkylation sites (N-methyl/N-ethyl adjacent to an activating group) is 1. The van der Waals surface area contributed by atoms with Crippen molar-refractivity contribution < 1.29 is 4.79 Å². The molecule has 0 radical (unpaired) electrons. The number of nitrogens with two attached hydrogens (primary N) is 1. The Morgan fingerprint density at radius 1 is 1.69 bits per heavy atom. The second-order valence-electron chi connectivity index (χ2n) is 4.09. The van der Waals surface area contributed by atoms with Crippen LogP contribution in [-0.4, -0.2) is 28.9 Å². The van der Waals surface area contributed by atoms with E-state index in [1.165, 1.54) is 11.3 Å². The zero-order valence-corrected chi connectivity index (χ0v) is 10.8. The molecular weight excluding hydrogens is 222 g/mol. The first-order chi connectivity index (χ1) is 7.56. The van der Waals surface area contributed by atoms with Crippen molar-refractivity contribution in [1.29, 1.82) is 0 Å². The lowest BCUT2D eigenvalue weighted by Crippen LogP contribution is -2.45. The highest BCUT2D eigenvalue weighted by molar-refractivity contribution is 7.07. The third kappa shape index (κ3) is 3.28. The van der Waals surface area contributed by atoms with Crippen LogP contribution in [-0.2, 0) is 11.3 Å². The van der Waals surface area contributed by atoms with E-state index in [2.05, 4.69) is 4.98 Å². The van der Waals surface area contributed by atoms with Crippen LogP contribution in [0.3, 0.4) is 0 Å². The van der Waals surface area contributed by atoms with Gasteiger partial charge < -0.3 is 10.6 Å². The van der Waals surface area contributed by atoms with Gasteiger partial charge in [-0.15, -0.1) is 11.3 Å². The van der Waals surface area contributed by atoms with Crippen LogP contribution in [0.15, 0.2) is 10.9 Å². The van der Waals surface area contributed by atoms with E-state index in [-0.39, 0.29) is 11.8 Å². The predicted octanol–water partition coefficient (Wildman–Crippen LogP) is 1.47. The molecule has 0 saturated heterocycles. The lowest BCUT2D eigenvalue weighted by molar-refractivity contribution is -0.133. The summed E-state index contributed by atoms with van der Waals surface area (Å²) in [6.45, 7) is 4.57. The molecule has 5 heteroatoms. The van der Waals surface area contributed by atoms with E-state index in [0.717, 1.165) is 12.1 Å². The molecule has 0 aromatic carbocycles. The Hall–Kier alpha value is -0.940. The number of thiazole rings is 1. The molecule has 1 rings (SSSR count). The van der Waals surface area contributed by atoms with E-state index in [4.69, 9.17) is 5.73 Å². The molecule has 0 spiro atoms. The topological polar surface area (TPSA) is 59.2 Å². The Bertz CT molecular complexity index is 326. The molecule has 16 heavy (non-hydrogen) atoms. The lowest BCUT2D eigenvalue weighted by atomic mass is 9.99. The average Bonchev–Trinajstić information content (AvgIpc) is 2.78. The minimum absolute atomic E-state index is 0.0117. The number of hydrogen-bond donors (Lipinski definition) is 1. The molecule has 1 aromatic heterocycles. The fourth-order valence-corrected chi connectivity index (χ4v) is 1.94. The average molecular weight is 241 g/mol. The SMILES string of the molecule is CCC(C)[C@H](N)C(=O)N(C)Cc1cscn1. The van der Waals surface area contributed by atoms with Crippen LogP contribution in [0.5, 0.6) is 0 Å².